The monoisotopic (exact) mass is 168 g/mol. The van der Waals surface area contributed by atoms with E-state index in [2.05, 4.69) is 15.9 Å². The molecule has 0 bridgehead atoms. The van der Waals surface area contributed by atoms with Gasteiger partial charge < -0.3 is 9.16 Å². The summed E-state index contributed by atoms with van der Waals surface area (Å²) in [6.07, 6.45) is 2.99. The van der Waals surface area contributed by atoms with E-state index in [1.165, 1.54) is 12.4 Å². The second kappa shape index (κ2) is 3.75. The number of ether oxygens (including phenoxy) is 1. The topological polar surface area (TPSA) is 43.2 Å². The maximum atomic E-state index is 5.03. The maximum absolute atomic E-state index is 5.03. The molecule has 0 aromatic heterocycles. The van der Waals surface area contributed by atoms with Crippen molar-refractivity contribution < 1.29 is 9.16 Å². The van der Waals surface area contributed by atoms with Crippen LogP contribution in [0.5, 0.6) is 0 Å². The van der Waals surface area contributed by atoms with Crippen LogP contribution in [-0.4, -0.2) is 29.7 Å². The molecule has 0 amide bonds. The van der Waals surface area contributed by atoms with Gasteiger partial charge in [0.05, 0.1) is 19.5 Å². The number of aliphatic imine (C=N–C) groups is 2. The second-order valence-electron chi connectivity index (χ2n) is 1.73. The molecule has 1 aliphatic rings. The lowest BCUT2D eigenvalue weighted by atomic mass is 10.5. The van der Waals surface area contributed by atoms with E-state index in [9.17, 15) is 0 Å². The molecule has 0 spiro atoms. The Balaban J connectivity index is 2.99. The Morgan fingerprint density at radius 3 is 3.09 bits per heavy atom. The van der Waals surface area contributed by atoms with Gasteiger partial charge in [0.15, 0.2) is 5.76 Å². The van der Waals surface area contributed by atoms with E-state index in [0.717, 1.165) is 0 Å². The van der Waals surface area contributed by atoms with Crippen molar-refractivity contribution in [3.63, 3.8) is 0 Å². The molecule has 0 aromatic carbocycles. The van der Waals surface area contributed by atoms with Gasteiger partial charge >= 0.3 is 0 Å². The Morgan fingerprint density at radius 2 is 2.45 bits per heavy atom. The molecular formula is C6H8N2O2Si. The van der Waals surface area contributed by atoms with Gasteiger partial charge in [0.25, 0.3) is 5.88 Å². The van der Waals surface area contributed by atoms with Gasteiger partial charge in [-0.05, 0) is 0 Å². The molecule has 0 aromatic rings. The average molecular weight is 168 g/mol. The normalized spacial score (nSPS) is 15.4. The lowest BCUT2D eigenvalue weighted by Crippen LogP contribution is -1.95. The van der Waals surface area contributed by atoms with Crippen molar-refractivity contribution in [3.8, 4) is 0 Å². The van der Waals surface area contributed by atoms with Crippen LogP contribution in [0.1, 0.15) is 0 Å². The zero-order chi connectivity index (χ0) is 8.10. The highest BCUT2D eigenvalue weighted by Crippen LogP contribution is 2.05. The fourth-order valence-corrected chi connectivity index (χ4v) is 0.915. The zero-order valence-electron chi connectivity index (χ0n) is 6.37. The fraction of sp³-hybridized carbons (Fsp3) is 0.167. The lowest BCUT2D eigenvalue weighted by Gasteiger charge is -2.02. The molecule has 0 aliphatic carbocycles. The summed E-state index contributed by atoms with van der Waals surface area (Å²) in [7, 11) is 2.12. The minimum Gasteiger partial charge on any atom is -0.537 e. The minimum atomic E-state index is 0.441. The Bertz CT molecular complexity index is 264. The van der Waals surface area contributed by atoms with E-state index in [1.54, 1.807) is 7.11 Å². The number of allylic oxidation sites excluding steroid dienone is 1. The van der Waals surface area contributed by atoms with Gasteiger partial charge in [-0.15, -0.1) is 0 Å². The molecule has 1 aliphatic heterocycles. The number of rotatable bonds is 2. The standard InChI is InChI=1S/C6H8N2O2Si/c1-9-5-4-7-2-3-8-6(5)10-11/h2,4H,1,11H3. The molecule has 0 saturated heterocycles. The molecular weight excluding hydrogens is 160 g/mol. The van der Waals surface area contributed by atoms with E-state index in [4.69, 9.17) is 9.16 Å². The molecule has 0 atom stereocenters. The Labute approximate surface area is 67.5 Å². The van der Waals surface area contributed by atoms with Crippen LogP contribution < -0.4 is 0 Å². The largest absolute Gasteiger partial charge is 0.537 e. The van der Waals surface area contributed by atoms with Crippen LogP contribution in [0.4, 0.5) is 0 Å². The average Bonchev–Trinajstić information content (AvgIpc) is 2.27. The van der Waals surface area contributed by atoms with Crippen LogP contribution in [0.2, 0.25) is 0 Å². The van der Waals surface area contributed by atoms with Crippen LogP contribution in [-0.2, 0) is 9.16 Å². The summed E-state index contributed by atoms with van der Waals surface area (Å²) in [5.74, 6) is 3.54. The van der Waals surface area contributed by atoms with Gasteiger partial charge in [-0.1, -0.05) is 0 Å². The van der Waals surface area contributed by atoms with Gasteiger partial charge in [-0.3, -0.25) is 4.99 Å². The van der Waals surface area contributed by atoms with E-state index in [-0.39, 0.29) is 0 Å². The highest BCUT2D eigenvalue weighted by molar-refractivity contribution is 5.99. The van der Waals surface area contributed by atoms with Crippen molar-refractivity contribution in [2.24, 2.45) is 9.98 Å². The first-order valence-corrected chi connectivity index (χ1v) is 3.83. The van der Waals surface area contributed by atoms with Gasteiger partial charge in [-0.25, -0.2) is 0 Å². The molecule has 0 saturated carbocycles. The summed E-state index contributed by atoms with van der Waals surface area (Å²) >= 11 is 0. The second-order valence-corrected chi connectivity index (χ2v) is 2.13. The molecule has 0 unspecified atom stereocenters. The number of hydrogen-bond acceptors (Lipinski definition) is 4. The Morgan fingerprint density at radius 1 is 1.64 bits per heavy atom. The van der Waals surface area contributed by atoms with Crippen molar-refractivity contribution in [2.45, 2.75) is 0 Å². The van der Waals surface area contributed by atoms with Crippen LogP contribution in [0.3, 0.4) is 0 Å². The molecule has 4 nitrogen and oxygen atoms in total. The predicted octanol–water partition coefficient (Wildman–Crippen LogP) is -0.633. The van der Waals surface area contributed by atoms with Crippen LogP contribution in [0, 0.1) is 0 Å². The number of nitrogens with zero attached hydrogens (tertiary/aromatic N) is 2. The molecule has 0 fully saturated rings. The Hall–Kier alpha value is -1.32. The number of hydrogen-bond donors (Lipinski definition) is 0. The third-order valence-corrected chi connectivity index (χ3v) is 1.50. The highest BCUT2D eigenvalue weighted by atomic mass is 28.2. The summed E-state index contributed by atoms with van der Waals surface area (Å²) in [4.78, 5) is 7.65. The van der Waals surface area contributed by atoms with Gasteiger partial charge in [0.1, 0.15) is 0 Å². The van der Waals surface area contributed by atoms with Crippen LogP contribution in [0.25, 0.3) is 0 Å². The van der Waals surface area contributed by atoms with E-state index < -0.39 is 0 Å². The van der Waals surface area contributed by atoms with Gasteiger partial charge in [-0.2, -0.15) is 4.99 Å². The van der Waals surface area contributed by atoms with Crippen molar-refractivity contribution in [3.05, 3.63) is 17.8 Å². The van der Waals surface area contributed by atoms with E-state index in [1.807, 2.05) is 0 Å². The van der Waals surface area contributed by atoms with Crippen molar-refractivity contribution in [2.75, 3.05) is 7.11 Å². The summed E-state index contributed by atoms with van der Waals surface area (Å²) in [6, 6.07) is 0. The zero-order valence-corrected chi connectivity index (χ0v) is 8.37. The molecule has 5 heteroatoms. The molecule has 1 rings (SSSR count). The van der Waals surface area contributed by atoms with E-state index >= 15 is 0 Å². The first-order chi connectivity index (χ1) is 5.38. The van der Waals surface area contributed by atoms with Crippen molar-refractivity contribution in [1.29, 1.82) is 0 Å². The minimum absolute atomic E-state index is 0.441. The summed E-state index contributed by atoms with van der Waals surface area (Å²) in [6.45, 7) is 0. The van der Waals surface area contributed by atoms with Crippen molar-refractivity contribution in [1.82, 2.24) is 0 Å². The summed E-state index contributed by atoms with van der Waals surface area (Å²) in [5, 5.41) is 0. The molecule has 11 heavy (non-hydrogen) atoms. The predicted molar refractivity (Wildman–Crippen MR) is 45.6 cm³/mol. The lowest BCUT2D eigenvalue weighted by molar-refractivity contribution is 0.288. The third-order valence-electron chi connectivity index (χ3n) is 1.11. The molecule has 0 radical (unpaired) electrons. The first-order valence-electron chi connectivity index (χ1n) is 3.02. The number of methoxy groups -OCH3 is 1. The van der Waals surface area contributed by atoms with Crippen LogP contribution >= 0.6 is 0 Å². The van der Waals surface area contributed by atoms with Gasteiger partial charge in [0.2, 0.25) is 10.5 Å². The highest BCUT2D eigenvalue weighted by Gasteiger charge is 2.03. The summed E-state index contributed by atoms with van der Waals surface area (Å²) in [5.41, 5.74) is 0. The smallest absolute Gasteiger partial charge is 0.252 e. The quantitative estimate of drug-likeness (QED) is 0.515. The molecule has 1 heterocycles. The fourth-order valence-electron chi connectivity index (χ4n) is 0.622. The molecule has 58 valence electrons. The molecule has 0 N–H and O–H groups in total. The summed E-state index contributed by atoms with van der Waals surface area (Å²) < 4.78 is 9.98. The third kappa shape index (κ3) is 1.80. The van der Waals surface area contributed by atoms with E-state index in [0.29, 0.717) is 22.1 Å². The van der Waals surface area contributed by atoms with Crippen LogP contribution in [0.15, 0.2) is 27.8 Å². The van der Waals surface area contributed by atoms with Crippen molar-refractivity contribution >= 4 is 22.6 Å². The first kappa shape index (κ1) is 7.78. The SMILES string of the molecule is COC1=C(O[SiH3])N=C=CN=C1. The van der Waals surface area contributed by atoms with Gasteiger partial charge in [0, 0.05) is 5.87 Å². The maximum Gasteiger partial charge on any atom is 0.252 e. The Kier molecular flexibility index (Phi) is 2.65.